The molecule has 0 saturated heterocycles. The Morgan fingerprint density at radius 3 is 2.90 bits per heavy atom. The van der Waals surface area contributed by atoms with Gasteiger partial charge < -0.3 is 15.8 Å². The van der Waals surface area contributed by atoms with Crippen molar-refractivity contribution >= 4 is 5.91 Å². The van der Waals surface area contributed by atoms with E-state index in [0.717, 1.165) is 5.56 Å². The first-order valence-corrected chi connectivity index (χ1v) is 5.86. The van der Waals surface area contributed by atoms with Gasteiger partial charge in [0.1, 0.15) is 11.9 Å². The molecule has 8 heteroatoms. The number of benzene rings is 1. The number of primary amides is 1. The summed E-state index contributed by atoms with van der Waals surface area (Å²) in [6.07, 6.45) is -5.51. The van der Waals surface area contributed by atoms with Crippen LogP contribution in [-0.2, 0) is 11.3 Å². The van der Waals surface area contributed by atoms with Crippen LogP contribution in [0.5, 0.6) is 5.75 Å². The van der Waals surface area contributed by atoms with Gasteiger partial charge in [-0.15, -0.1) is 13.2 Å². The molecule has 5 nitrogen and oxygen atoms in total. The van der Waals surface area contributed by atoms with E-state index in [1.807, 2.05) is 0 Å². The van der Waals surface area contributed by atoms with Crippen molar-refractivity contribution in [3.63, 3.8) is 0 Å². The molecule has 0 radical (unpaired) electrons. The molecule has 1 unspecified atom stereocenters. The summed E-state index contributed by atoms with van der Waals surface area (Å²) in [7, 11) is 0. The Morgan fingerprint density at radius 2 is 2.25 bits per heavy atom. The minimum absolute atomic E-state index is 0.205. The molecule has 0 saturated carbocycles. The average Bonchev–Trinajstić information content (AvgIpc) is 2.56. The van der Waals surface area contributed by atoms with Crippen LogP contribution in [0.3, 0.4) is 0 Å². The van der Waals surface area contributed by atoms with E-state index in [-0.39, 0.29) is 12.1 Å². The second-order valence-corrected chi connectivity index (χ2v) is 4.31. The molecule has 110 valence electrons. The maximum absolute atomic E-state index is 12.0. The number of ether oxygens (including phenoxy) is 2. The Balaban J connectivity index is 2.11. The molecule has 0 bridgehead atoms. The van der Waals surface area contributed by atoms with Gasteiger partial charge in [0.15, 0.2) is 0 Å². The Kier molecular flexibility index (Phi) is 4.15. The van der Waals surface area contributed by atoms with Crippen molar-refractivity contribution in [1.82, 2.24) is 5.32 Å². The van der Waals surface area contributed by atoms with E-state index in [1.165, 1.54) is 6.07 Å². The molecule has 1 aromatic carbocycles. The lowest BCUT2D eigenvalue weighted by molar-refractivity contribution is -0.329. The molecule has 0 spiro atoms. The number of hydrogen-bond donors (Lipinski definition) is 2. The summed E-state index contributed by atoms with van der Waals surface area (Å²) in [4.78, 5) is 11.1. The van der Waals surface area contributed by atoms with E-state index in [2.05, 4.69) is 10.1 Å². The summed E-state index contributed by atoms with van der Waals surface area (Å²) in [5, 5.41) is 2.95. The normalized spacial score (nSPS) is 18.9. The third-order valence-electron chi connectivity index (χ3n) is 2.77. The van der Waals surface area contributed by atoms with E-state index in [0.29, 0.717) is 12.3 Å². The van der Waals surface area contributed by atoms with Crippen LogP contribution in [-0.4, -0.2) is 31.5 Å². The summed E-state index contributed by atoms with van der Waals surface area (Å²) in [5.74, 6) is -0.293. The van der Waals surface area contributed by atoms with Crippen LogP contribution in [0.1, 0.15) is 15.9 Å². The quantitative estimate of drug-likeness (QED) is 0.876. The lowest BCUT2D eigenvalue weighted by atomic mass is 10.1. The number of carbonyl (C=O) groups excluding carboxylic acids is 1. The van der Waals surface area contributed by atoms with Crippen molar-refractivity contribution in [2.24, 2.45) is 5.73 Å². The molecule has 0 aromatic heterocycles. The van der Waals surface area contributed by atoms with Crippen molar-refractivity contribution in [3.8, 4) is 5.75 Å². The zero-order valence-electron chi connectivity index (χ0n) is 10.4. The highest BCUT2D eigenvalue weighted by atomic mass is 19.4. The fourth-order valence-corrected chi connectivity index (χ4v) is 1.83. The van der Waals surface area contributed by atoms with Crippen molar-refractivity contribution in [2.45, 2.75) is 19.0 Å². The van der Waals surface area contributed by atoms with Gasteiger partial charge in [-0.2, -0.15) is 0 Å². The zero-order valence-corrected chi connectivity index (χ0v) is 10.4. The van der Waals surface area contributed by atoms with Crippen LogP contribution in [0.15, 0.2) is 18.2 Å². The first-order valence-electron chi connectivity index (χ1n) is 5.86. The standard InChI is InChI=1S/C12H13F3N2O3/c13-12(14,15)19-6-9-5-17-4-8-2-1-7(11(16)18)3-10(8)20-9/h1-3,9,17H,4-6H2,(H2,16,18). The SMILES string of the molecule is NC(=O)c1ccc2c(c1)OC(COC(F)(F)F)CNC2. The molecule has 3 N–H and O–H groups in total. The van der Waals surface area contributed by atoms with Crippen LogP contribution in [0, 0.1) is 0 Å². The third kappa shape index (κ3) is 3.84. The van der Waals surface area contributed by atoms with E-state index in [9.17, 15) is 18.0 Å². The van der Waals surface area contributed by atoms with Gasteiger partial charge in [0.2, 0.25) is 5.91 Å². The number of halogens is 3. The Hall–Kier alpha value is -1.80. The first kappa shape index (κ1) is 14.6. The van der Waals surface area contributed by atoms with E-state index in [4.69, 9.17) is 10.5 Å². The van der Waals surface area contributed by atoms with E-state index >= 15 is 0 Å². The summed E-state index contributed by atoms with van der Waals surface area (Å²) in [6, 6.07) is 4.61. The third-order valence-corrected chi connectivity index (χ3v) is 2.77. The Morgan fingerprint density at radius 1 is 1.50 bits per heavy atom. The predicted molar refractivity (Wildman–Crippen MR) is 63.1 cm³/mol. The van der Waals surface area contributed by atoms with Gasteiger partial charge >= 0.3 is 6.36 Å². The maximum atomic E-state index is 12.0. The van der Waals surface area contributed by atoms with Gasteiger partial charge in [0, 0.05) is 24.2 Å². The lowest BCUT2D eigenvalue weighted by Crippen LogP contribution is -2.34. The summed E-state index contributed by atoms with van der Waals surface area (Å²) >= 11 is 0. The second-order valence-electron chi connectivity index (χ2n) is 4.31. The van der Waals surface area contributed by atoms with Gasteiger partial charge in [-0.3, -0.25) is 9.53 Å². The Bertz CT molecular complexity index is 505. The molecule has 1 amide bonds. The van der Waals surface area contributed by atoms with Crippen molar-refractivity contribution in [2.75, 3.05) is 13.2 Å². The molecule has 1 atom stereocenters. The highest BCUT2D eigenvalue weighted by Gasteiger charge is 2.31. The molecule has 20 heavy (non-hydrogen) atoms. The van der Waals surface area contributed by atoms with E-state index in [1.54, 1.807) is 12.1 Å². The van der Waals surface area contributed by atoms with Gasteiger partial charge in [0.05, 0.1) is 6.61 Å². The largest absolute Gasteiger partial charge is 0.522 e. The van der Waals surface area contributed by atoms with Gasteiger partial charge in [0.25, 0.3) is 0 Å². The van der Waals surface area contributed by atoms with Gasteiger partial charge in [-0.1, -0.05) is 6.07 Å². The molecule has 1 heterocycles. The fourth-order valence-electron chi connectivity index (χ4n) is 1.83. The molecule has 1 aliphatic rings. The fraction of sp³-hybridized carbons (Fsp3) is 0.417. The van der Waals surface area contributed by atoms with Crippen LogP contribution >= 0.6 is 0 Å². The number of fused-ring (bicyclic) bond motifs is 1. The Labute approximate surface area is 112 Å². The monoisotopic (exact) mass is 290 g/mol. The highest BCUT2D eigenvalue weighted by molar-refractivity contribution is 5.93. The number of amides is 1. The number of carbonyl (C=O) groups is 1. The maximum Gasteiger partial charge on any atom is 0.522 e. The molecule has 1 aromatic rings. The lowest BCUT2D eigenvalue weighted by Gasteiger charge is -2.18. The molecule has 1 aliphatic heterocycles. The second kappa shape index (κ2) is 5.68. The summed E-state index contributed by atoms with van der Waals surface area (Å²) in [6.45, 7) is 0.00426. The minimum Gasteiger partial charge on any atom is -0.486 e. The topological polar surface area (TPSA) is 73.6 Å². The number of hydrogen-bond acceptors (Lipinski definition) is 4. The van der Waals surface area contributed by atoms with Crippen LogP contribution in [0.4, 0.5) is 13.2 Å². The predicted octanol–water partition coefficient (Wildman–Crippen LogP) is 1.17. The number of rotatable bonds is 3. The molecular weight excluding hydrogens is 277 g/mol. The smallest absolute Gasteiger partial charge is 0.486 e. The summed E-state index contributed by atoms with van der Waals surface area (Å²) < 4.78 is 45.3. The van der Waals surface area contributed by atoms with Crippen molar-refractivity contribution in [1.29, 1.82) is 0 Å². The average molecular weight is 290 g/mol. The first-order chi connectivity index (χ1) is 9.35. The minimum atomic E-state index is -4.70. The summed E-state index contributed by atoms with van der Waals surface area (Å²) in [5.41, 5.74) is 6.13. The molecule has 0 fully saturated rings. The number of nitrogens with one attached hydrogen (secondary N) is 1. The highest BCUT2D eigenvalue weighted by Crippen LogP contribution is 2.25. The van der Waals surface area contributed by atoms with Gasteiger partial charge in [-0.05, 0) is 12.1 Å². The zero-order chi connectivity index (χ0) is 14.8. The molecule has 0 aliphatic carbocycles. The van der Waals surface area contributed by atoms with Crippen LogP contribution < -0.4 is 15.8 Å². The van der Waals surface area contributed by atoms with Crippen LogP contribution in [0.2, 0.25) is 0 Å². The molecule has 2 rings (SSSR count). The van der Waals surface area contributed by atoms with E-state index < -0.39 is 25.0 Å². The van der Waals surface area contributed by atoms with Crippen molar-refractivity contribution < 1.29 is 27.4 Å². The van der Waals surface area contributed by atoms with Crippen LogP contribution in [0.25, 0.3) is 0 Å². The van der Waals surface area contributed by atoms with Crippen molar-refractivity contribution in [3.05, 3.63) is 29.3 Å². The number of alkyl halides is 3. The molecular formula is C12H13F3N2O3. The van der Waals surface area contributed by atoms with Gasteiger partial charge in [-0.25, -0.2) is 0 Å². The number of nitrogens with two attached hydrogens (primary N) is 1.